The van der Waals surface area contributed by atoms with Gasteiger partial charge in [0.1, 0.15) is 21.5 Å². The summed E-state index contributed by atoms with van der Waals surface area (Å²) in [6, 6.07) is 28.5. The van der Waals surface area contributed by atoms with Crippen LogP contribution in [-0.4, -0.2) is 5.52 Å². The molecule has 0 atom stereocenters. The fraction of sp³-hybridized carbons (Fsp3) is 0. The largest absolute Gasteiger partial charge is 0.317 e. The van der Waals surface area contributed by atoms with E-state index >= 15 is 0 Å². The van der Waals surface area contributed by atoms with Gasteiger partial charge in [-0.25, -0.2) is 4.79 Å². The molecule has 3 aromatic rings. The summed E-state index contributed by atoms with van der Waals surface area (Å²) in [5, 5.41) is 3.52. The summed E-state index contributed by atoms with van der Waals surface area (Å²) in [6.45, 7) is 0. The molecule has 1 heterocycles. The van der Waals surface area contributed by atoms with Crippen LogP contribution in [0.15, 0.2) is 84.9 Å². The summed E-state index contributed by atoms with van der Waals surface area (Å²) in [4.78, 5) is 13.0. The standard InChI is InChI=1S/C19H14OP/c20-19-17-13-7-8-14-18(17)21(19,15-9-3-1-4-10-15)16-11-5-2-6-12-16/h1-14H/q+1. The molecule has 0 radical (unpaired) electrons. The van der Waals surface area contributed by atoms with Crippen LogP contribution in [0.3, 0.4) is 0 Å². The van der Waals surface area contributed by atoms with Gasteiger partial charge in [0.25, 0.3) is 0 Å². The second-order valence-corrected chi connectivity index (χ2v) is 8.43. The second kappa shape index (κ2) is 4.65. The molecule has 1 nitrogen and oxygen atoms in total. The Kier molecular flexibility index (Phi) is 2.77. The fourth-order valence-electron chi connectivity index (χ4n) is 3.15. The van der Waals surface area contributed by atoms with E-state index in [4.69, 9.17) is 0 Å². The lowest BCUT2D eigenvalue weighted by atomic mass is 10.2. The van der Waals surface area contributed by atoms with E-state index in [9.17, 15) is 4.79 Å². The molecule has 4 rings (SSSR count). The fourth-order valence-corrected chi connectivity index (χ4v) is 7.17. The van der Waals surface area contributed by atoms with Crippen LogP contribution in [0.4, 0.5) is 0 Å². The van der Waals surface area contributed by atoms with Gasteiger partial charge in [0.05, 0.1) is 0 Å². The molecule has 0 spiro atoms. The molecule has 0 N–H and O–H groups in total. The molecule has 3 aromatic carbocycles. The van der Waals surface area contributed by atoms with Crippen molar-refractivity contribution in [3.63, 3.8) is 0 Å². The highest BCUT2D eigenvalue weighted by Gasteiger charge is 2.63. The van der Waals surface area contributed by atoms with E-state index in [1.54, 1.807) is 0 Å². The number of hydrogen-bond acceptors (Lipinski definition) is 1. The molecule has 0 fully saturated rings. The maximum atomic E-state index is 13.0. The van der Waals surface area contributed by atoms with Crippen LogP contribution in [0, 0.1) is 0 Å². The van der Waals surface area contributed by atoms with Crippen LogP contribution in [0.1, 0.15) is 10.4 Å². The van der Waals surface area contributed by atoms with Gasteiger partial charge in [-0.15, -0.1) is 0 Å². The Hall–Kier alpha value is -2.24. The lowest BCUT2D eigenvalue weighted by molar-refractivity contribution is 0.107. The molecule has 0 saturated carbocycles. The van der Waals surface area contributed by atoms with Crippen LogP contribution in [0.5, 0.6) is 0 Å². The first-order valence-corrected chi connectivity index (χ1v) is 8.79. The summed E-state index contributed by atoms with van der Waals surface area (Å²) in [5.41, 5.74) is 1.19. The first-order valence-electron chi connectivity index (χ1n) is 7.00. The summed E-state index contributed by atoms with van der Waals surface area (Å²) >= 11 is 0. The highest BCUT2D eigenvalue weighted by atomic mass is 31.2. The van der Waals surface area contributed by atoms with E-state index in [2.05, 4.69) is 30.3 Å². The molecule has 0 amide bonds. The minimum Gasteiger partial charge on any atom is -0.246 e. The van der Waals surface area contributed by atoms with Gasteiger partial charge in [0.15, 0.2) is 7.26 Å². The van der Waals surface area contributed by atoms with Crippen LogP contribution in [0.25, 0.3) is 0 Å². The third-order valence-electron chi connectivity index (χ3n) is 4.09. The van der Waals surface area contributed by atoms with Crippen molar-refractivity contribution < 1.29 is 4.79 Å². The Bertz CT molecular complexity index is 770. The molecule has 0 aromatic heterocycles. The van der Waals surface area contributed by atoms with Crippen LogP contribution >= 0.6 is 7.26 Å². The number of carbonyl (C=O) groups is 1. The molecule has 1 aliphatic rings. The van der Waals surface area contributed by atoms with Crippen molar-refractivity contribution in [2.24, 2.45) is 0 Å². The first-order chi connectivity index (χ1) is 10.3. The van der Waals surface area contributed by atoms with Gasteiger partial charge < -0.3 is 0 Å². The normalized spacial score (nSPS) is 15.1. The second-order valence-electron chi connectivity index (χ2n) is 5.16. The molecule has 2 heteroatoms. The molecule has 0 aliphatic carbocycles. The zero-order chi connectivity index (χ0) is 14.3. The molecule has 100 valence electrons. The zero-order valence-electron chi connectivity index (χ0n) is 11.4. The SMILES string of the molecule is O=C1c2ccccc2[P+]1(c1ccccc1)c1ccccc1. The third-order valence-corrected chi connectivity index (χ3v) is 8.20. The van der Waals surface area contributed by atoms with Crippen molar-refractivity contribution in [2.45, 2.75) is 0 Å². The predicted molar refractivity (Wildman–Crippen MR) is 89.5 cm³/mol. The van der Waals surface area contributed by atoms with Gasteiger partial charge in [-0.05, 0) is 36.4 Å². The summed E-state index contributed by atoms with van der Waals surface area (Å²) in [7, 11) is -2.09. The Morgan fingerprint density at radius 3 is 1.62 bits per heavy atom. The first kappa shape index (κ1) is 12.5. The summed E-state index contributed by atoms with van der Waals surface area (Å²) in [5.74, 6) is 0. The smallest absolute Gasteiger partial charge is 0.246 e. The van der Waals surface area contributed by atoms with Crippen LogP contribution in [-0.2, 0) is 0 Å². The molecular formula is C19H14OP+. The maximum absolute atomic E-state index is 13.0. The zero-order valence-corrected chi connectivity index (χ0v) is 12.3. The molecule has 0 bridgehead atoms. The third kappa shape index (κ3) is 1.58. The monoisotopic (exact) mass is 289 g/mol. The van der Waals surface area contributed by atoms with Crippen molar-refractivity contribution in [3.05, 3.63) is 90.5 Å². The van der Waals surface area contributed by atoms with Gasteiger partial charge in [0, 0.05) is 0 Å². The molecular weight excluding hydrogens is 275 g/mol. The van der Waals surface area contributed by atoms with E-state index in [0.29, 0.717) is 5.52 Å². The van der Waals surface area contributed by atoms with Crippen LogP contribution in [0.2, 0.25) is 0 Å². The quantitative estimate of drug-likeness (QED) is 0.662. The van der Waals surface area contributed by atoms with Gasteiger partial charge >= 0.3 is 5.52 Å². The Morgan fingerprint density at radius 2 is 1.05 bits per heavy atom. The predicted octanol–water partition coefficient (Wildman–Crippen LogP) is 3.13. The number of hydrogen-bond donors (Lipinski definition) is 0. The Labute approximate surface area is 124 Å². The van der Waals surface area contributed by atoms with E-state index in [0.717, 1.165) is 16.2 Å². The van der Waals surface area contributed by atoms with Gasteiger partial charge in [-0.1, -0.05) is 48.5 Å². The lowest BCUT2D eigenvalue weighted by Crippen LogP contribution is -2.46. The average Bonchev–Trinajstić information content (AvgIpc) is 2.57. The van der Waals surface area contributed by atoms with E-state index in [-0.39, 0.29) is 0 Å². The van der Waals surface area contributed by atoms with Crippen molar-refractivity contribution >= 4 is 28.7 Å². The maximum Gasteiger partial charge on any atom is 0.317 e. The Morgan fingerprint density at radius 1 is 0.571 bits per heavy atom. The summed E-state index contributed by atoms with van der Waals surface area (Å²) in [6.07, 6.45) is 0. The van der Waals surface area contributed by atoms with Crippen molar-refractivity contribution in [1.29, 1.82) is 0 Å². The van der Waals surface area contributed by atoms with Gasteiger partial charge in [-0.3, -0.25) is 0 Å². The summed E-state index contributed by atoms with van der Waals surface area (Å²) < 4.78 is 0. The van der Waals surface area contributed by atoms with Crippen LogP contribution < -0.4 is 15.9 Å². The number of rotatable bonds is 2. The van der Waals surface area contributed by atoms with E-state index in [1.165, 1.54) is 5.30 Å². The molecule has 0 saturated heterocycles. The van der Waals surface area contributed by atoms with Crippen molar-refractivity contribution in [1.82, 2.24) is 0 Å². The van der Waals surface area contributed by atoms with E-state index < -0.39 is 7.26 Å². The lowest BCUT2D eigenvalue weighted by Gasteiger charge is -2.33. The molecule has 1 aliphatic heterocycles. The van der Waals surface area contributed by atoms with Gasteiger partial charge in [-0.2, -0.15) is 0 Å². The molecule has 0 unspecified atom stereocenters. The van der Waals surface area contributed by atoms with Gasteiger partial charge in [0.2, 0.25) is 0 Å². The highest BCUT2D eigenvalue weighted by Crippen LogP contribution is 2.64. The number of fused-ring (bicyclic) bond motifs is 1. The molecule has 21 heavy (non-hydrogen) atoms. The number of carbonyl (C=O) groups excluding carboxylic acids is 1. The number of benzene rings is 3. The highest BCUT2D eigenvalue weighted by molar-refractivity contribution is 8.11. The average molecular weight is 289 g/mol. The van der Waals surface area contributed by atoms with Crippen molar-refractivity contribution in [2.75, 3.05) is 0 Å². The Balaban J connectivity index is 2.06. The topological polar surface area (TPSA) is 17.1 Å². The van der Waals surface area contributed by atoms with E-state index in [1.807, 2.05) is 54.6 Å². The minimum atomic E-state index is -2.09. The van der Waals surface area contributed by atoms with Crippen molar-refractivity contribution in [3.8, 4) is 0 Å². The minimum absolute atomic E-state index is 0.301.